The molecule has 1 aromatic rings. The van der Waals surface area contributed by atoms with Crippen molar-refractivity contribution in [2.75, 3.05) is 25.2 Å². The number of nitrogens with zero attached hydrogens (tertiary/aromatic N) is 2. The number of carbonyl (C=O) groups is 1. The molecule has 1 rings (SSSR count). The van der Waals surface area contributed by atoms with Gasteiger partial charge in [0, 0.05) is 13.2 Å². The molecule has 4 N–H and O–H groups in total. The summed E-state index contributed by atoms with van der Waals surface area (Å²) in [4.78, 5) is 19.5. The Morgan fingerprint density at radius 3 is 3.00 bits per heavy atom. The van der Waals surface area contributed by atoms with Gasteiger partial charge in [0.15, 0.2) is 5.82 Å². The average molecular weight is 253 g/mol. The second kappa shape index (κ2) is 8.37. The van der Waals surface area contributed by atoms with Crippen LogP contribution in [0.25, 0.3) is 0 Å². The fraction of sp³-hybridized carbons (Fsp3) is 0.545. The minimum Gasteiger partial charge on any atom is -0.380 e. The molecule has 100 valence electrons. The fourth-order valence-electron chi connectivity index (χ4n) is 1.22. The lowest BCUT2D eigenvalue weighted by atomic mass is 10.4. The number of nitrogen functional groups attached to an aromatic ring is 1. The smallest absolute Gasteiger partial charge is 0.271 e. The van der Waals surface area contributed by atoms with Gasteiger partial charge in [-0.25, -0.2) is 10.8 Å². The maximum absolute atomic E-state index is 11.7. The molecule has 7 heteroatoms. The zero-order valence-corrected chi connectivity index (χ0v) is 10.5. The predicted octanol–water partition coefficient (Wildman–Crippen LogP) is 0.309. The molecule has 0 radical (unpaired) electrons. The molecule has 0 aliphatic rings. The Morgan fingerprint density at radius 1 is 1.44 bits per heavy atom. The van der Waals surface area contributed by atoms with E-state index in [1.54, 1.807) is 0 Å². The summed E-state index contributed by atoms with van der Waals surface area (Å²) in [6.07, 6.45) is 4.95. The summed E-state index contributed by atoms with van der Waals surface area (Å²) in [5.74, 6) is 5.24. The Bertz CT molecular complexity index is 372. The van der Waals surface area contributed by atoms with E-state index in [-0.39, 0.29) is 11.6 Å². The molecule has 0 fully saturated rings. The van der Waals surface area contributed by atoms with Gasteiger partial charge in [0.25, 0.3) is 5.91 Å². The maximum atomic E-state index is 11.7. The molecule has 0 unspecified atom stereocenters. The molecule has 0 aliphatic heterocycles. The number of hydrazine groups is 1. The lowest BCUT2D eigenvalue weighted by Gasteiger charge is -2.06. The predicted molar refractivity (Wildman–Crippen MR) is 67.9 cm³/mol. The van der Waals surface area contributed by atoms with Crippen molar-refractivity contribution in [1.82, 2.24) is 15.3 Å². The highest BCUT2D eigenvalue weighted by Gasteiger charge is 2.07. The summed E-state index contributed by atoms with van der Waals surface area (Å²) in [5.41, 5.74) is 2.56. The van der Waals surface area contributed by atoms with Gasteiger partial charge < -0.3 is 15.5 Å². The van der Waals surface area contributed by atoms with E-state index in [4.69, 9.17) is 10.6 Å². The largest absolute Gasteiger partial charge is 0.380 e. The number of nitrogens with one attached hydrogen (secondary N) is 2. The molecule has 0 spiro atoms. The molecule has 1 amide bonds. The zero-order chi connectivity index (χ0) is 13.2. The maximum Gasteiger partial charge on any atom is 0.271 e. The Balaban J connectivity index is 2.27. The van der Waals surface area contributed by atoms with Gasteiger partial charge in [-0.2, -0.15) is 0 Å². The van der Waals surface area contributed by atoms with Gasteiger partial charge in [-0.1, -0.05) is 13.3 Å². The zero-order valence-electron chi connectivity index (χ0n) is 10.5. The van der Waals surface area contributed by atoms with Crippen LogP contribution < -0.4 is 16.6 Å². The van der Waals surface area contributed by atoms with Crippen LogP contribution in [-0.4, -0.2) is 35.6 Å². The molecule has 0 saturated carbocycles. The third-order valence-corrected chi connectivity index (χ3v) is 2.19. The molecular formula is C11H19N5O2. The van der Waals surface area contributed by atoms with Crippen molar-refractivity contribution in [3.63, 3.8) is 0 Å². The van der Waals surface area contributed by atoms with Crippen molar-refractivity contribution in [1.29, 1.82) is 0 Å². The number of rotatable bonds is 8. The topological polar surface area (TPSA) is 102 Å². The highest BCUT2D eigenvalue weighted by atomic mass is 16.5. The summed E-state index contributed by atoms with van der Waals surface area (Å²) < 4.78 is 5.32. The molecule has 0 saturated heterocycles. The molecule has 1 heterocycles. The van der Waals surface area contributed by atoms with E-state index in [9.17, 15) is 4.79 Å². The normalized spacial score (nSPS) is 10.1. The average Bonchev–Trinajstić information content (AvgIpc) is 2.42. The van der Waals surface area contributed by atoms with E-state index in [1.807, 2.05) is 0 Å². The van der Waals surface area contributed by atoms with Crippen molar-refractivity contribution in [2.24, 2.45) is 5.84 Å². The van der Waals surface area contributed by atoms with Crippen LogP contribution in [0.3, 0.4) is 0 Å². The molecule has 7 nitrogen and oxygen atoms in total. The Labute approximate surface area is 106 Å². The van der Waals surface area contributed by atoms with Gasteiger partial charge in [0.1, 0.15) is 5.69 Å². The van der Waals surface area contributed by atoms with Crippen LogP contribution in [0.2, 0.25) is 0 Å². The van der Waals surface area contributed by atoms with E-state index in [0.717, 1.165) is 19.4 Å². The molecule has 1 aromatic heterocycles. The van der Waals surface area contributed by atoms with Crippen molar-refractivity contribution < 1.29 is 9.53 Å². The van der Waals surface area contributed by atoms with Crippen LogP contribution >= 0.6 is 0 Å². The van der Waals surface area contributed by atoms with Gasteiger partial charge in [0.05, 0.1) is 19.0 Å². The molecule has 0 bridgehead atoms. The number of carbonyl (C=O) groups excluding carboxylic acids is 1. The number of hydrogen-bond donors (Lipinski definition) is 3. The number of ether oxygens (including phenoxy) is 1. The van der Waals surface area contributed by atoms with Crippen molar-refractivity contribution in [3.05, 3.63) is 18.1 Å². The third-order valence-electron chi connectivity index (χ3n) is 2.19. The molecule has 0 atom stereocenters. The Hall–Kier alpha value is -1.73. The van der Waals surface area contributed by atoms with E-state index >= 15 is 0 Å². The van der Waals surface area contributed by atoms with Crippen molar-refractivity contribution in [2.45, 2.75) is 19.8 Å². The van der Waals surface area contributed by atoms with Gasteiger partial charge in [-0.15, -0.1) is 0 Å². The summed E-state index contributed by atoms with van der Waals surface area (Å²) in [6.45, 7) is 3.76. The van der Waals surface area contributed by atoms with Crippen LogP contribution in [0.1, 0.15) is 30.3 Å². The summed E-state index contributed by atoms with van der Waals surface area (Å²) >= 11 is 0. The fourth-order valence-corrected chi connectivity index (χ4v) is 1.22. The molecule has 18 heavy (non-hydrogen) atoms. The first-order valence-electron chi connectivity index (χ1n) is 5.92. The second-order valence-corrected chi connectivity index (χ2v) is 3.66. The van der Waals surface area contributed by atoms with E-state index in [0.29, 0.717) is 19.0 Å². The summed E-state index contributed by atoms with van der Waals surface area (Å²) in [5, 5.41) is 2.69. The number of nitrogens with two attached hydrogens (primary N) is 1. The van der Waals surface area contributed by atoms with Crippen LogP contribution in [0.15, 0.2) is 12.4 Å². The van der Waals surface area contributed by atoms with Gasteiger partial charge in [-0.3, -0.25) is 9.78 Å². The first-order valence-corrected chi connectivity index (χ1v) is 5.92. The second-order valence-electron chi connectivity index (χ2n) is 3.66. The number of anilines is 1. The van der Waals surface area contributed by atoms with Crippen LogP contribution in [0.4, 0.5) is 5.82 Å². The van der Waals surface area contributed by atoms with Gasteiger partial charge in [0.2, 0.25) is 0 Å². The minimum absolute atomic E-state index is 0.221. The molecular weight excluding hydrogens is 234 g/mol. The highest BCUT2D eigenvalue weighted by molar-refractivity contribution is 5.92. The van der Waals surface area contributed by atoms with Crippen LogP contribution in [-0.2, 0) is 4.74 Å². The number of amides is 1. The highest BCUT2D eigenvalue weighted by Crippen LogP contribution is 1.99. The standard InChI is InChI=1S/C11H19N5O2/c1-2-3-5-18-6-4-14-11(17)9-7-13-8-10(15-9)16-12/h7-8H,2-6,12H2,1H3,(H,14,17)(H,15,16). The number of aromatic nitrogens is 2. The quantitative estimate of drug-likeness (QED) is 0.350. The number of unbranched alkanes of at least 4 members (excludes halogenated alkanes) is 1. The van der Waals surface area contributed by atoms with Crippen molar-refractivity contribution in [3.8, 4) is 0 Å². The Kier molecular flexibility index (Phi) is 6.67. The van der Waals surface area contributed by atoms with E-state index in [2.05, 4.69) is 27.6 Å². The van der Waals surface area contributed by atoms with Crippen LogP contribution in [0.5, 0.6) is 0 Å². The Morgan fingerprint density at radius 2 is 2.28 bits per heavy atom. The lowest BCUT2D eigenvalue weighted by Crippen LogP contribution is -2.28. The molecule has 0 aromatic carbocycles. The minimum atomic E-state index is -0.293. The number of hydrogen-bond acceptors (Lipinski definition) is 6. The SMILES string of the molecule is CCCCOCCNC(=O)c1cncc(NN)n1. The lowest BCUT2D eigenvalue weighted by molar-refractivity contribution is 0.0908. The third kappa shape index (κ3) is 5.07. The van der Waals surface area contributed by atoms with Gasteiger partial charge in [-0.05, 0) is 6.42 Å². The van der Waals surface area contributed by atoms with E-state index in [1.165, 1.54) is 12.4 Å². The summed E-state index contributed by atoms with van der Waals surface area (Å²) in [7, 11) is 0. The van der Waals surface area contributed by atoms with E-state index < -0.39 is 0 Å². The molecule has 0 aliphatic carbocycles. The monoisotopic (exact) mass is 253 g/mol. The van der Waals surface area contributed by atoms with Crippen LogP contribution in [0, 0.1) is 0 Å². The summed E-state index contributed by atoms with van der Waals surface area (Å²) in [6, 6.07) is 0. The first kappa shape index (κ1) is 14.3. The van der Waals surface area contributed by atoms with Crippen molar-refractivity contribution >= 4 is 11.7 Å². The first-order chi connectivity index (χ1) is 8.77. The van der Waals surface area contributed by atoms with Gasteiger partial charge >= 0.3 is 0 Å².